The lowest BCUT2D eigenvalue weighted by molar-refractivity contribution is 0.112. The van der Waals surface area contributed by atoms with Gasteiger partial charge in [-0.1, -0.05) is 24.3 Å². The van der Waals surface area contributed by atoms with Gasteiger partial charge in [-0.2, -0.15) is 0 Å². The zero-order valence-electron chi connectivity index (χ0n) is 9.83. The van der Waals surface area contributed by atoms with E-state index in [-0.39, 0.29) is 5.82 Å². The number of hydrogen-bond donors (Lipinski definition) is 0. The van der Waals surface area contributed by atoms with E-state index in [9.17, 15) is 9.18 Å². The molecule has 0 aromatic heterocycles. The van der Waals surface area contributed by atoms with Crippen molar-refractivity contribution in [3.8, 4) is 11.1 Å². The van der Waals surface area contributed by atoms with Gasteiger partial charge in [-0.3, -0.25) is 4.79 Å². The van der Waals surface area contributed by atoms with E-state index >= 15 is 0 Å². The van der Waals surface area contributed by atoms with Gasteiger partial charge < -0.3 is 0 Å². The van der Waals surface area contributed by atoms with E-state index in [1.807, 2.05) is 26.0 Å². The fraction of sp³-hybridized carbons (Fsp3) is 0.133. The average Bonchev–Trinajstić information content (AvgIpc) is 2.28. The minimum Gasteiger partial charge on any atom is -0.298 e. The molecule has 0 unspecified atom stereocenters. The normalized spacial score (nSPS) is 10.3. The first kappa shape index (κ1) is 11.5. The van der Waals surface area contributed by atoms with E-state index in [0.717, 1.165) is 23.0 Å². The van der Waals surface area contributed by atoms with Gasteiger partial charge in [0.1, 0.15) is 12.1 Å². The van der Waals surface area contributed by atoms with Crippen LogP contribution in [0, 0.1) is 19.7 Å². The number of halogens is 1. The minimum atomic E-state index is -0.245. The molecule has 1 nitrogen and oxygen atoms in total. The lowest BCUT2D eigenvalue weighted by Gasteiger charge is -2.09. The van der Waals surface area contributed by atoms with Crippen molar-refractivity contribution in [1.29, 1.82) is 0 Å². The molecule has 0 atom stereocenters. The van der Waals surface area contributed by atoms with Crippen LogP contribution in [0.4, 0.5) is 4.39 Å². The molecule has 0 heterocycles. The number of hydrogen-bond acceptors (Lipinski definition) is 1. The van der Waals surface area contributed by atoms with Gasteiger partial charge in [0.15, 0.2) is 0 Å². The van der Waals surface area contributed by atoms with Gasteiger partial charge >= 0.3 is 0 Å². The Morgan fingerprint density at radius 1 is 1.12 bits per heavy atom. The maximum absolute atomic E-state index is 13.9. The predicted molar refractivity (Wildman–Crippen MR) is 66.7 cm³/mol. The Morgan fingerprint density at radius 3 is 2.53 bits per heavy atom. The molecule has 0 amide bonds. The van der Waals surface area contributed by atoms with Crippen LogP contribution in [0.25, 0.3) is 11.1 Å². The summed E-state index contributed by atoms with van der Waals surface area (Å²) in [6.07, 6.45) is 0.769. The van der Waals surface area contributed by atoms with E-state index < -0.39 is 0 Å². The molecule has 86 valence electrons. The third kappa shape index (κ3) is 2.26. The number of carbonyl (C=O) groups is 1. The largest absolute Gasteiger partial charge is 0.298 e. The topological polar surface area (TPSA) is 17.1 Å². The second-order valence-electron chi connectivity index (χ2n) is 4.18. The predicted octanol–water partition coefficient (Wildman–Crippen LogP) is 3.92. The van der Waals surface area contributed by atoms with Crippen LogP contribution in [0.2, 0.25) is 0 Å². The fourth-order valence-electron chi connectivity index (χ4n) is 2.05. The van der Waals surface area contributed by atoms with Crippen LogP contribution in [0.1, 0.15) is 21.5 Å². The van der Waals surface area contributed by atoms with Crippen molar-refractivity contribution in [3.05, 3.63) is 58.9 Å². The molecule has 0 saturated heterocycles. The summed E-state index contributed by atoms with van der Waals surface area (Å²) in [6.45, 7) is 3.74. The van der Waals surface area contributed by atoms with Crippen molar-refractivity contribution >= 4 is 6.29 Å². The van der Waals surface area contributed by atoms with Gasteiger partial charge in [0.25, 0.3) is 0 Å². The van der Waals surface area contributed by atoms with Gasteiger partial charge in [0.05, 0.1) is 0 Å². The molecule has 0 N–H and O–H groups in total. The summed E-state index contributed by atoms with van der Waals surface area (Å²) in [7, 11) is 0. The van der Waals surface area contributed by atoms with Gasteiger partial charge in [0.2, 0.25) is 0 Å². The summed E-state index contributed by atoms with van der Waals surface area (Å²) >= 11 is 0. The maximum Gasteiger partial charge on any atom is 0.150 e. The summed E-state index contributed by atoms with van der Waals surface area (Å²) in [5, 5.41) is 0. The Balaban J connectivity index is 2.63. The van der Waals surface area contributed by atoms with E-state index in [1.165, 1.54) is 6.07 Å². The van der Waals surface area contributed by atoms with E-state index in [0.29, 0.717) is 11.1 Å². The van der Waals surface area contributed by atoms with Crippen molar-refractivity contribution in [2.24, 2.45) is 0 Å². The molecule has 0 saturated carbocycles. The van der Waals surface area contributed by atoms with Crippen molar-refractivity contribution in [1.82, 2.24) is 0 Å². The first-order valence-corrected chi connectivity index (χ1v) is 5.44. The molecule has 0 aliphatic rings. The molecule has 2 rings (SSSR count). The summed E-state index contributed by atoms with van der Waals surface area (Å²) in [4.78, 5) is 10.7. The Morgan fingerprint density at radius 2 is 1.88 bits per heavy atom. The second kappa shape index (κ2) is 4.50. The van der Waals surface area contributed by atoms with Gasteiger partial charge in [-0.15, -0.1) is 0 Å². The zero-order chi connectivity index (χ0) is 12.4. The molecule has 2 aromatic carbocycles. The highest BCUT2D eigenvalue weighted by Crippen LogP contribution is 2.28. The lowest BCUT2D eigenvalue weighted by Crippen LogP contribution is -1.92. The molecule has 0 aliphatic heterocycles. The van der Waals surface area contributed by atoms with Crippen LogP contribution in [0.15, 0.2) is 36.4 Å². The summed E-state index contributed by atoms with van der Waals surface area (Å²) < 4.78 is 13.9. The molecule has 17 heavy (non-hydrogen) atoms. The third-order valence-electron chi connectivity index (χ3n) is 2.74. The molecular formula is C15H13FO. The van der Waals surface area contributed by atoms with E-state index in [2.05, 4.69) is 0 Å². The van der Waals surface area contributed by atoms with Crippen molar-refractivity contribution in [2.75, 3.05) is 0 Å². The van der Waals surface area contributed by atoms with Crippen LogP contribution in [0.3, 0.4) is 0 Å². The summed E-state index contributed by atoms with van der Waals surface area (Å²) in [5.74, 6) is -0.245. The molecule has 0 bridgehead atoms. The van der Waals surface area contributed by atoms with Crippen LogP contribution in [-0.2, 0) is 0 Å². The van der Waals surface area contributed by atoms with E-state index in [1.54, 1.807) is 18.2 Å². The molecule has 2 heteroatoms. The fourth-order valence-corrected chi connectivity index (χ4v) is 2.05. The van der Waals surface area contributed by atoms with Gasteiger partial charge in [0, 0.05) is 11.1 Å². The molecule has 0 radical (unpaired) electrons. The molecule has 0 aliphatic carbocycles. The number of aryl methyl sites for hydroxylation is 2. The van der Waals surface area contributed by atoms with Crippen LogP contribution in [0.5, 0.6) is 0 Å². The Hall–Kier alpha value is -1.96. The summed E-state index contributed by atoms with van der Waals surface area (Å²) in [6, 6.07) is 10.4. The highest BCUT2D eigenvalue weighted by molar-refractivity contribution is 5.79. The minimum absolute atomic E-state index is 0.245. The van der Waals surface area contributed by atoms with Crippen LogP contribution < -0.4 is 0 Å². The lowest BCUT2D eigenvalue weighted by atomic mass is 9.97. The smallest absolute Gasteiger partial charge is 0.150 e. The Kier molecular flexibility index (Phi) is 3.05. The average molecular weight is 228 g/mol. The number of carbonyl (C=O) groups excluding carboxylic acids is 1. The Labute approximate surface area is 99.9 Å². The summed E-state index contributed by atoms with van der Waals surface area (Å²) in [5.41, 5.74) is 3.65. The molecule has 0 fully saturated rings. The van der Waals surface area contributed by atoms with Crippen molar-refractivity contribution in [2.45, 2.75) is 13.8 Å². The highest BCUT2D eigenvalue weighted by Gasteiger charge is 2.09. The van der Waals surface area contributed by atoms with E-state index in [4.69, 9.17) is 0 Å². The van der Waals surface area contributed by atoms with Crippen molar-refractivity contribution in [3.63, 3.8) is 0 Å². The van der Waals surface area contributed by atoms with Gasteiger partial charge in [-0.25, -0.2) is 4.39 Å². The SMILES string of the molecule is Cc1cc(C)c(-c2cccc(C=O)c2)c(F)c1. The number of benzene rings is 2. The molecule has 2 aromatic rings. The Bertz CT molecular complexity index is 550. The standard InChI is InChI=1S/C15H13FO/c1-10-6-11(2)15(14(16)7-10)13-5-3-4-12(8-13)9-17/h3-9H,1-2H3. The first-order valence-electron chi connectivity index (χ1n) is 5.44. The van der Waals surface area contributed by atoms with Crippen LogP contribution in [-0.4, -0.2) is 6.29 Å². The van der Waals surface area contributed by atoms with Crippen molar-refractivity contribution < 1.29 is 9.18 Å². The molecule has 0 spiro atoms. The zero-order valence-corrected chi connectivity index (χ0v) is 9.83. The number of aldehydes is 1. The monoisotopic (exact) mass is 228 g/mol. The maximum atomic E-state index is 13.9. The van der Waals surface area contributed by atoms with Crippen LogP contribution >= 0.6 is 0 Å². The highest BCUT2D eigenvalue weighted by atomic mass is 19.1. The second-order valence-corrected chi connectivity index (χ2v) is 4.18. The molecular weight excluding hydrogens is 215 g/mol. The quantitative estimate of drug-likeness (QED) is 0.712. The number of rotatable bonds is 2. The first-order chi connectivity index (χ1) is 8.11. The third-order valence-corrected chi connectivity index (χ3v) is 2.74. The van der Waals surface area contributed by atoms with Gasteiger partial charge in [-0.05, 0) is 42.7 Å².